The molecule has 2 amide bonds. The maximum Gasteiger partial charge on any atom is 0.412 e. The molecular formula is C20H25N3O5S. The second kappa shape index (κ2) is 9.51. The van der Waals surface area contributed by atoms with Gasteiger partial charge >= 0.3 is 12.1 Å². The zero-order chi connectivity index (χ0) is 21.6. The maximum atomic E-state index is 12.3. The number of hydrogen-bond donors (Lipinski definition) is 2. The summed E-state index contributed by atoms with van der Waals surface area (Å²) in [6.45, 7) is 8.88. The number of nitrogens with one attached hydrogen (secondary N) is 2. The average molecular weight is 420 g/mol. The Bertz CT molecular complexity index is 885. The number of benzene rings is 1. The number of hydrogen-bond acceptors (Lipinski definition) is 7. The van der Waals surface area contributed by atoms with Gasteiger partial charge in [0.2, 0.25) is 0 Å². The summed E-state index contributed by atoms with van der Waals surface area (Å²) in [5.41, 5.74) is 1.38. The zero-order valence-corrected chi connectivity index (χ0v) is 17.9. The predicted molar refractivity (Wildman–Crippen MR) is 111 cm³/mol. The van der Waals surface area contributed by atoms with E-state index in [2.05, 4.69) is 15.6 Å². The van der Waals surface area contributed by atoms with Crippen LogP contribution in [0.5, 0.6) is 0 Å². The van der Waals surface area contributed by atoms with Crippen LogP contribution in [0.15, 0.2) is 24.3 Å². The van der Waals surface area contributed by atoms with Gasteiger partial charge in [0.15, 0.2) is 0 Å². The van der Waals surface area contributed by atoms with Crippen LogP contribution in [-0.4, -0.2) is 41.7 Å². The Labute approximate surface area is 173 Å². The number of amides is 2. The van der Waals surface area contributed by atoms with E-state index in [1.807, 2.05) is 0 Å². The van der Waals surface area contributed by atoms with Crippen molar-refractivity contribution in [3.8, 4) is 10.6 Å². The molecule has 0 unspecified atom stereocenters. The topological polar surface area (TPSA) is 107 Å². The first-order valence-electron chi connectivity index (χ1n) is 9.10. The lowest BCUT2D eigenvalue weighted by atomic mass is 10.2. The molecule has 1 heterocycles. The molecule has 156 valence electrons. The molecule has 8 nitrogen and oxygen atoms in total. The Morgan fingerprint density at radius 2 is 1.79 bits per heavy atom. The molecule has 0 radical (unpaired) electrons. The third kappa shape index (κ3) is 6.86. The third-order valence-electron chi connectivity index (χ3n) is 3.48. The fourth-order valence-electron chi connectivity index (χ4n) is 2.29. The monoisotopic (exact) mass is 419 g/mol. The number of rotatable bonds is 6. The van der Waals surface area contributed by atoms with Crippen LogP contribution in [0.3, 0.4) is 0 Å². The first-order chi connectivity index (χ1) is 13.6. The van der Waals surface area contributed by atoms with E-state index >= 15 is 0 Å². The number of carbonyl (C=O) groups excluding carboxylic acids is 3. The largest absolute Gasteiger partial charge is 0.465 e. The van der Waals surface area contributed by atoms with Gasteiger partial charge in [-0.2, -0.15) is 0 Å². The molecule has 0 spiro atoms. The summed E-state index contributed by atoms with van der Waals surface area (Å²) in [6.07, 6.45) is -0.532. The number of anilines is 1. The summed E-state index contributed by atoms with van der Waals surface area (Å²) < 4.78 is 10.0. The van der Waals surface area contributed by atoms with E-state index in [4.69, 9.17) is 9.47 Å². The molecule has 1 aromatic carbocycles. The highest BCUT2D eigenvalue weighted by Crippen LogP contribution is 2.29. The van der Waals surface area contributed by atoms with Crippen molar-refractivity contribution in [2.45, 2.75) is 40.2 Å². The van der Waals surface area contributed by atoms with Crippen LogP contribution in [-0.2, 0) is 14.3 Å². The lowest BCUT2D eigenvalue weighted by molar-refractivity contribution is -0.141. The number of aromatic nitrogens is 1. The smallest absolute Gasteiger partial charge is 0.412 e. The lowest BCUT2D eigenvalue weighted by Crippen LogP contribution is -2.30. The fraction of sp³-hybridized carbons (Fsp3) is 0.400. The highest BCUT2D eigenvalue weighted by Gasteiger charge is 2.18. The van der Waals surface area contributed by atoms with E-state index in [1.54, 1.807) is 58.9 Å². The molecule has 0 saturated heterocycles. The van der Waals surface area contributed by atoms with Crippen LogP contribution in [0.25, 0.3) is 10.6 Å². The molecule has 2 N–H and O–H groups in total. The van der Waals surface area contributed by atoms with Crippen LogP contribution in [0.2, 0.25) is 0 Å². The van der Waals surface area contributed by atoms with Crippen molar-refractivity contribution in [2.24, 2.45) is 0 Å². The molecule has 0 fully saturated rings. The van der Waals surface area contributed by atoms with Gasteiger partial charge in [0.1, 0.15) is 22.0 Å². The molecule has 2 rings (SSSR count). The quantitative estimate of drug-likeness (QED) is 0.691. The van der Waals surface area contributed by atoms with Crippen molar-refractivity contribution in [2.75, 3.05) is 18.5 Å². The molecule has 0 saturated carbocycles. The van der Waals surface area contributed by atoms with E-state index in [0.717, 1.165) is 5.56 Å². The van der Waals surface area contributed by atoms with Crippen LogP contribution >= 0.6 is 11.3 Å². The van der Waals surface area contributed by atoms with E-state index in [0.29, 0.717) is 21.3 Å². The molecule has 0 aliphatic carbocycles. The van der Waals surface area contributed by atoms with Gasteiger partial charge in [0.25, 0.3) is 5.91 Å². The summed E-state index contributed by atoms with van der Waals surface area (Å²) in [7, 11) is 0. The van der Waals surface area contributed by atoms with Crippen LogP contribution in [0, 0.1) is 6.92 Å². The Morgan fingerprint density at radius 1 is 1.14 bits per heavy atom. The van der Waals surface area contributed by atoms with Gasteiger partial charge in [-0.05, 0) is 58.9 Å². The number of thiazole rings is 1. The van der Waals surface area contributed by atoms with Gasteiger partial charge in [-0.25, -0.2) is 9.78 Å². The molecule has 9 heteroatoms. The third-order valence-corrected chi connectivity index (χ3v) is 4.68. The Morgan fingerprint density at radius 3 is 2.38 bits per heavy atom. The summed E-state index contributed by atoms with van der Waals surface area (Å²) in [5.74, 6) is -0.862. The van der Waals surface area contributed by atoms with Crippen molar-refractivity contribution in [1.29, 1.82) is 0 Å². The van der Waals surface area contributed by atoms with Gasteiger partial charge < -0.3 is 14.8 Å². The second-order valence-electron chi connectivity index (χ2n) is 7.13. The van der Waals surface area contributed by atoms with Crippen LogP contribution in [0.4, 0.5) is 10.5 Å². The van der Waals surface area contributed by atoms with Crippen molar-refractivity contribution in [1.82, 2.24) is 10.3 Å². The Balaban J connectivity index is 2.04. The summed E-state index contributed by atoms with van der Waals surface area (Å²) >= 11 is 1.23. The van der Waals surface area contributed by atoms with Crippen LogP contribution in [0.1, 0.15) is 43.1 Å². The molecule has 0 bridgehead atoms. The normalized spacial score (nSPS) is 10.9. The fourth-order valence-corrected chi connectivity index (χ4v) is 3.28. The summed E-state index contributed by atoms with van der Waals surface area (Å²) in [6, 6.07) is 7.06. The lowest BCUT2D eigenvalue weighted by Gasteiger charge is -2.19. The molecular weight excluding hydrogens is 394 g/mol. The van der Waals surface area contributed by atoms with Crippen molar-refractivity contribution < 1.29 is 23.9 Å². The predicted octanol–water partition coefficient (Wildman–Crippen LogP) is 3.76. The van der Waals surface area contributed by atoms with E-state index < -0.39 is 17.7 Å². The molecule has 29 heavy (non-hydrogen) atoms. The number of ether oxygens (including phenoxy) is 2. The highest BCUT2D eigenvalue weighted by molar-refractivity contribution is 7.17. The van der Waals surface area contributed by atoms with Crippen molar-refractivity contribution in [3.05, 3.63) is 34.8 Å². The van der Waals surface area contributed by atoms with E-state index in [9.17, 15) is 14.4 Å². The first-order valence-corrected chi connectivity index (χ1v) is 9.92. The van der Waals surface area contributed by atoms with Crippen molar-refractivity contribution in [3.63, 3.8) is 0 Å². The number of nitrogens with zero attached hydrogens (tertiary/aromatic N) is 1. The number of aryl methyl sites for hydroxylation is 1. The van der Waals surface area contributed by atoms with E-state index in [-0.39, 0.29) is 19.1 Å². The zero-order valence-electron chi connectivity index (χ0n) is 17.1. The van der Waals surface area contributed by atoms with Gasteiger partial charge in [-0.1, -0.05) is 0 Å². The second-order valence-corrected chi connectivity index (χ2v) is 8.12. The van der Waals surface area contributed by atoms with Gasteiger partial charge in [-0.3, -0.25) is 14.9 Å². The Hall–Kier alpha value is -2.94. The molecule has 0 atom stereocenters. The minimum Gasteiger partial charge on any atom is -0.465 e. The van der Waals surface area contributed by atoms with Crippen LogP contribution < -0.4 is 10.6 Å². The van der Waals surface area contributed by atoms with Crippen molar-refractivity contribution >= 4 is 35.0 Å². The SMILES string of the molecule is CCOC(=O)CNC(=O)c1sc(-c2ccc(NC(=O)OC(C)(C)C)cc2)nc1C. The number of esters is 1. The minimum atomic E-state index is -0.577. The summed E-state index contributed by atoms with van der Waals surface area (Å²) in [4.78, 5) is 40.4. The minimum absolute atomic E-state index is 0.190. The van der Waals surface area contributed by atoms with Gasteiger partial charge in [-0.15, -0.1) is 11.3 Å². The number of carbonyl (C=O) groups is 3. The molecule has 0 aliphatic rings. The average Bonchev–Trinajstić information content (AvgIpc) is 3.01. The standard InChI is InChI=1S/C20H25N3O5S/c1-6-27-15(24)11-21-17(25)16-12(2)22-18(29-16)13-7-9-14(10-8-13)23-19(26)28-20(3,4)5/h7-10H,6,11H2,1-5H3,(H,21,25)(H,23,26). The molecule has 1 aromatic heterocycles. The molecule has 0 aliphatic heterocycles. The summed E-state index contributed by atoms with van der Waals surface area (Å²) in [5, 5.41) is 5.86. The first kappa shape index (κ1) is 22.4. The maximum absolute atomic E-state index is 12.3. The highest BCUT2D eigenvalue weighted by atomic mass is 32.1. The molecule has 2 aromatic rings. The van der Waals surface area contributed by atoms with Gasteiger partial charge in [0.05, 0.1) is 12.3 Å². The van der Waals surface area contributed by atoms with Gasteiger partial charge in [0, 0.05) is 11.3 Å². The Kier molecular flexibility index (Phi) is 7.33. The van der Waals surface area contributed by atoms with E-state index in [1.165, 1.54) is 11.3 Å².